The third kappa shape index (κ3) is 1.98. The van der Waals surface area contributed by atoms with Crippen molar-refractivity contribution in [2.24, 2.45) is 23.2 Å². The third-order valence-electron chi connectivity index (χ3n) is 7.28. The molecule has 1 heterocycles. The van der Waals surface area contributed by atoms with Crippen LogP contribution in [0.25, 0.3) is 0 Å². The van der Waals surface area contributed by atoms with E-state index in [4.69, 9.17) is 4.74 Å². The second kappa shape index (κ2) is 5.35. The van der Waals surface area contributed by atoms with Gasteiger partial charge in [-0.25, -0.2) is 8.78 Å². The second-order valence-electron chi connectivity index (χ2n) is 8.26. The molecule has 2 saturated carbocycles. The van der Waals surface area contributed by atoms with Crippen molar-refractivity contribution in [2.45, 2.75) is 51.6 Å². The molecule has 2 nitrogen and oxygen atoms in total. The molecule has 130 valence electrons. The Kier molecular flexibility index (Phi) is 3.61. The lowest BCUT2D eigenvalue weighted by molar-refractivity contribution is -0.117. The van der Waals surface area contributed by atoms with Crippen LogP contribution in [0.5, 0.6) is 0 Å². The summed E-state index contributed by atoms with van der Waals surface area (Å²) in [6, 6.07) is 0. The van der Waals surface area contributed by atoms with E-state index in [1.54, 1.807) is 6.08 Å². The highest BCUT2D eigenvalue weighted by Crippen LogP contribution is 2.64. The highest BCUT2D eigenvalue weighted by Gasteiger charge is 2.59. The molecule has 0 aromatic carbocycles. The average Bonchev–Trinajstić information content (AvgIpc) is 2.96. The molecule has 0 aromatic heterocycles. The summed E-state index contributed by atoms with van der Waals surface area (Å²) in [6.45, 7) is 4.95. The molecule has 5 atom stereocenters. The number of carbonyl (C=O) groups excluding carboxylic acids is 1. The summed E-state index contributed by atoms with van der Waals surface area (Å²) in [6.07, 6.45) is 6.63. The number of rotatable bonds is 0. The Morgan fingerprint density at radius 1 is 1.17 bits per heavy atom. The number of hydrogen-bond acceptors (Lipinski definition) is 2. The van der Waals surface area contributed by atoms with Crippen LogP contribution in [0.1, 0.15) is 46.0 Å². The van der Waals surface area contributed by atoms with Gasteiger partial charge in [-0.15, -0.1) is 0 Å². The molecule has 1 aliphatic heterocycles. The predicted octanol–water partition coefficient (Wildman–Crippen LogP) is 4.82. The number of fused-ring (bicyclic) bond motifs is 5. The normalized spacial score (nSPS) is 48.1. The number of allylic oxidation sites excluding steroid dienone is 4. The van der Waals surface area contributed by atoms with Crippen molar-refractivity contribution in [3.8, 4) is 0 Å². The Balaban J connectivity index is 1.89. The van der Waals surface area contributed by atoms with E-state index in [1.807, 2.05) is 0 Å². The predicted molar refractivity (Wildman–Crippen MR) is 87.5 cm³/mol. The molecular formula is C20H24F2O2. The summed E-state index contributed by atoms with van der Waals surface area (Å²) in [4.78, 5) is 12.0. The lowest BCUT2D eigenvalue weighted by atomic mass is 9.47. The summed E-state index contributed by atoms with van der Waals surface area (Å²) < 4.78 is 33.8. The molecule has 4 rings (SSSR count). The molecule has 24 heavy (non-hydrogen) atoms. The molecule has 0 radical (unpaired) electrons. The van der Waals surface area contributed by atoms with Gasteiger partial charge >= 0.3 is 0 Å². The largest absolute Gasteiger partial charge is 0.375 e. The summed E-state index contributed by atoms with van der Waals surface area (Å²) in [5, 5.41) is 0. The zero-order valence-electron chi connectivity index (χ0n) is 14.3. The second-order valence-corrected chi connectivity index (χ2v) is 8.26. The maximum absolute atomic E-state index is 13.9. The van der Waals surface area contributed by atoms with Gasteiger partial charge in [-0.1, -0.05) is 6.92 Å². The summed E-state index contributed by atoms with van der Waals surface area (Å²) >= 11 is 0. The first-order chi connectivity index (χ1) is 11.4. The van der Waals surface area contributed by atoms with Gasteiger partial charge in [0, 0.05) is 18.6 Å². The molecule has 4 aliphatic rings. The standard InChI is InChI=1S/C20H24F2O2/c1-19-6-3-12(23)9-17(19)13(10-21)14(11-22)18-15(19)4-7-20(2)16(18)5-8-24-20/h9-11,15-16,18H,3-8H2,1-2H3/t15-,16-,18+,19+,20-/m0/s1. The first kappa shape index (κ1) is 16.2. The molecule has 3 aliphatic carbocycles. The van der Waals surface area contributed by atoms with Gasteiger partial charge in [0.1, 0.15) is 0 Å². The summed E-state index contributed by atoms with van der Waals surface area (Å²) in [7, 11) is 0. The monoisotopic (exact) mass is 334 g/mol. The Morgan fingerprint density at radius 3 is 2.67 bits per heavy atom. The number of hydrogen-bond donors (Lipinski definition) is 0. The first-order valence-electron chi connectivity index (χ1n) is 8.95. The highest BCUT2D eigenvalue weighted by molar-refractivity contribution is 5.93. The van der Waals surface area contributed by atoms with Crippen LogP contribution >= 0.6 is 0 Å². The number of halogens is 2. The number of ketones is 1. The summed E-state index contributed by atoms with van der Waals surface area (Å²) in [5.74, 6) is 0.434. The van der Waals surface area contributed by atoms with Crippen LogP contribution in [-0.2, 0) is 9.53 Å². The molecule has 0 aromatic rings. The van der Waals surface area contributed by atoms with Gasteiger partial charge in [0.15, 0.2) is 5.78 Å². The van der Waals surface area contributed by atoms with Crippen molar-refractivity contribution >= 4 is 5.78 Å². The van der Waals surface area contributed by atoms with Gasteiger partial charge in [-0.3, -0.25) is 4.79 Å². The molecular weight excluding hydrogens is 310 g/mol. The lowest BCUT2D eigenvalue weighted by Crippen LogP contribution is -2.53. The molecule has 0 spiro atoms. The Labute approximate surface area is 141 Å². The van der Waals surface area contributed by atoms with Gasteiger partial charge in [0.2, 0.25) is 0 Å². The van der Waals surface area contributed by atoms with E-state index in [0.29, 0.717) is 42.4 Å². The molecule has 0 unspecified atom stereocenters. The van der Waals surface area contributed by atoms with Crippen molar-refractivity contribution < 1.29 is 18.3 Å². The van der Waals surface area contributed by atoms with Crippen LogP contribution in [0, 0.1) is 23.2 Å². The van der Waals surface area contributed by atoms with Gasteiger partial charge in [-0.05, 0) is 73.0 Å². The first-order valence-corrected chi connectivity index (χ1v) is 8.95. The van der Waals surface area contributed by atoms with Crippen LogP contribution in [-0.4, -0.2) is 18.0 Å². The molecule has 0 bridgehead atoms. The molecule has 0 amide bonds. The van der Waals surface area contributed by atoms with E-state index in [9.17, 15) is 13.6 Å². The minimum absolute atomic E-state index is 0.0170. The zero-order valence-corrected chi connectivity index (χ0v) is 14.3. The van der Waals surface area contributed by atoms with Crippen LogP contribution in [0.3, 0.4) is 0 Å². The van der Waals surface area contributed by atoms with Crippen molar-refractivity contribution in [2.75, 3.05) is 6.61 Å². The van der Waals surface area contributed by atoms with Crippen LogP contribution in [0.15, 0.2) is 35.5 Å². The smallest absolute Gasteiger partial charge is 0.156 e. The van der Waals surface area contributed by atoms with Gasteiger partial charge in [0.25, 0.3) is 0 Å². The topological polar surface area (TPSA) is 26.3 Å². The Hall–Kier alpha value is -1.29. The maximum atomic E-state index is 13.9. The van der Waals surface area contributed by atoms with E-state index in [1.165, 1.54) is 0 Å². The Morgan fingerprint density at radius 2 is 1.96 bits per heavy atom. The fraction of sp³-hybridized carbons (Fsp3) is 0.650. The van der Waals surface area contributed by atoms with Crippen molar-refractivity contribution in [1.29, 1.82) is 0 Å². The molecule has 3 fully saturated rings. The maximum Gasteiger partial charge on any atom is 0.156 e. The van der Waals surface area contributed by atoms with Gasteiger partial charge in [-0.2, -0.15) is 0 Å². The van der Waals surface area contributed by atoms with Crippen LogP contribution < -0.4 is 0 Å². The fourth-order valence-corrected chi connectivity index (χ4v) is 5.97. The fourth-order valence-electron chi connectivity index (χ4n) is 5.97. The quantitative estimate of drug-likeness (QED) is 0.634. The van der Waals surface area contributed by atoms with E-state index in [-0.39, 0.29) is 34.6 Å². The minimum Gasteiger partial charge on any atom is -0.375 e. The van der Waals surface area contributed by atoms with Crippen molar-refractivity contribution in [1.82, 2.24) is 0 Å². The SMILES string of the molecule is C[C@]12CCC(=O)C=C1C(=CF)C(=CF)[C@@H]1[C@@H]2CC[C@]2(C)OCC[C@@H]12. The number of carbonyl (C=O) groups is 1. The lowest BCUT2D eigenvalue weighted by Gasteiger charge is -2.57. The van der Waals surface area contributed by atoms with Crippen molar-refractivity contribution in [3.63, 3.8) is 0 Å². The molecule has 1 saturated heterocycles. The highest BCUT2D eigenvalue weighted by atomic mass is 19.1. The third-order valence-corrected chi connectivity index (χ3v) is 7.28. The van der Waals surface area contributed by atoms with Gasteiger partial charge < -0.3 is 4.74 Å². The van der Waals surface area contributed by atoms with Crippen LogP contribution in [0.4, 0.5) is 8.78 Å². The minimum atomic E-state index is -0.257. The Bertz CT molecular complexity index is 677. The van der Waals surface area contributed by atoms with Crippen molar-refractivity contribution in [3.05, 3.63) is 35.5 Å². The van der Waals surface area contributed by atoms with E-state index >= 15 is 0 Å². The van der Waals surface area contributed by atoms with Gasteiger partial charge in [0.05, 0.1) is 18.3 Å². The molecule has 4 heteroatoms. The van der Waals surface area contributed by atoms with Crippen LogP contribution in [0.2, 0.25) is 0 Å². The zero-order chi connectivity index (χ0) is 17.1. The van der Waals surface area contributed by atoms with E-state index in [2.05, 4.69) is 13.8 Å². The molecule has 0 N–H and O–H groups in total. The average molecular weight is 334 g/mol. The van der Waals surface area contributed by atoms with E-state index < -0.39 is 0 Å². The number of ether oxygens (including phenoxy) is 1. The summed E-state index contributed by atoms with van der Waals surface area (Å²) in [5.41, 5.74) is 0.938. The van der Waals surface area contributed by atoms with E-state index in [0.717, 1.165) is 25.7 Å².